The molecule has 1 aliphatic rings. The molecule has 0 spiro atoms. The molecule has 1 fully saturated rings. The van der Waals surface area contributed by atoms with Gasteiger partial charge in [-0.05, 0) is 25.0 Å². The number of hydrogen-bond donors (Lipinski definition) is 2. The number of hydrogen-bond acceptors (Lipinski definition) is 3. The second-order valence-corrected chi connectivity index (χ2v) is 5.28. The number of nitrogens with zero attached hydrogens (tertiary/aromatic N) is 1. The van der Waals surface area contributed by atoms with Gasteiger partial charge >= 0.3 is 0 Å². The van der Waals surface area contributed by atoms with Gasteiger partial charge in [0.15, 0.2) is 0 Å². The van der Waals surface area contributed by atoms with Crippen molar-refractivity contribution in [3.05, 3.63) is 29.8 Å². The number of rotatable bonds is 4. The molecule has 2 rings (SSSR count). The molecule has 0 aromatic heterocycles. The summed E-state index contributed by atoms with van der Waals surface area (Å²) in [6, 6.07) is 7.74. The Bertz CT molecular complexity index is 508. The second kappa shape index (κ2) is 7.11. The number of anilines is 1. The molecule has 0 bridgehead atoms. The van der Waals surface area contributed by atoms with E-state index in [0.717, 1.165) is 18.5 Å². The normalized spacial score (nSPS) is 15.6. The molecular weight excluding hydrogens is 266 g/mol. The van der Waals surface area contributed by atoms with Gasteiger partial charge in [-0.15, -0.1) is 0 Å². The average Bonchev–Trinajstić information content (AvgIpc) is 2.54. The summed E-state index contributed by atoms with van der Waals surface area (Å²) in [4.78, 5) is 25.8. The second-order valence-electron chi connectivity index (χ2n) is 5.28. The molecule has 114 valence electrons. The summed E-state index contributed by atoms with van der Waals surface area (Å²) in [6.45, 7) is 3.22. The first-order chi connectivity index (χ1) is 10.2. The van der Waals surface area contributed by atoms with Crippen LogP contribution in [-0.2, 0) is 4.79 Å². The highest BCUT2D eigenvalue weighted by molar-refractivity contribution is 5.99. The van der Waals surface area contributed by atoms with Crippen LogP contribution in [0.5, 0.6) is 0 Å². The first-order valence-corrected chi connectivity index (χ1v) is 7.51. The van der Waals surface area contributed by atoms with Gasteiger partial charge < -0.3 is 15.5 Å². The topological polar surface area (TPSA) is 61.4 Å². The number of benzene rings is 1. The van der Waals surface area contributed by atoms with Crippen molar-refractivity contribution in [2.75, 3.05) is 25.5 Å². The van der Waals surface area contributed by atoms with E-state index in [4.69, 9.17) is 0 Å². The number of nitrogens with one attached hydrogen (secondary N) is 2. The van der Waals surface area contributed by atoms with Crippen LogP contribution in [0.3, 0.4) is 0 Å². The lowest BCUT2D eigenvalue weighted by Crippen LogP contribution is -2.46. The number of para-hydroxylation sites is 1. The molecule has 2 amide bonds. The quantitative estimate of drug-likeness (QED) is 0.889. The maximum atomic E-state index is 12.6. The molecule has 21 heavy (non-hydrogen) atoms. The van der Waals surface area contributed by atoms with E-state index in [1.54, 1.807) is 0 Å². The Morgan fingerprint density at radius 2 is 1.90 bits per heavy atom. The predicted octanol–water partition coefficient (Wildman–Crippen LogP) is 1.86. The van der Waals surface area contributed by atoms with Crippen LogP contribution >= 0.6 is 0 Å². The molecule has 5 nitrogen and oxygen atoms in total. The van der Waals surface area contributed by atoms with Crippen molar-refractivity contribution in [2.24, 2.45) is 0 Å². The van der Waals surface area contributed by atoms with Crippen LogP contribution in [0.4, 0.5) is 5.69 Å². The summed E-state index contributed by atoms with van der Waals surface area (Å²) in [7, 11) is 1.82. The maximum Gasteiger partial charge on any atom is 0.255 e. The Kier molecular flexibility index (Phi) is 5.20. The van der Waals surface area contributed by atoms with Gasteiger partial charge in [-0.2, -0.15) is 0 Å². The van der Waals surface area contributed by atoms with Crippen molar-refractivity contribution in [1.82, 2.24) is 10.2 Å². The number of carbonyl (C=O) groups excluding carboxylic acids is 2. The van der Waals surface area contributed by atoms with Gasteiger partial charge in [-0.25, -0.2) is 0 Å². The van der Waals surface area contributed by atoms with Crippen molar-refractivity contribution < 1.29 is 9.59 Å². The van der Waals surface area contributed by atoms with E-state index in [1.165, 1.54) is 0 Å². The summed E-state index contributed by atoms with van der Waals surface area (Å²) >= 11 is 0. The summed E-state index contributed by atoms with van der Waals surface area (Å²) < 4.78 is 0. The van der Waals surface area contributed by atoms with Crippen LogP contribution in [0.1, 0.15) is 36.5 Å². The van der Waals surface area contributed by atoms with Crippen molar-refractivity contribution in [1.29, 1.82) is 0 Å². The zero-order valence-electron chi connectivity index (χ0n) is 12.7. The molecule has 1 heterocycles. The van der Waals surface area contributed by atoms with E-state index >= 15 is 0 Å². The Hall–Kier alpha value is -2.04. The van der Waals surface area contributed by atoms with Crippen LogP contribution < -0.4 is 10.6 Å². The van der Waals surface area contributed by atoms with Gasteiger partial charge in [0, 0.05) is 38.3 Å². The number of likely N-dealkylation sites (tertiary alicyclic amines) is 1. The third-order valence-corrected chi connectivity index (χ3v) is 3.90. The van der Waals surface area contributed by atoms with Crippen molar-refractivity contribution >= 4 is 17.5 Å². The number of amides is 2. The highest BCUT2D eigenvalue weighted by Gasteiger charge is 2.25. The SMILES string of the molecule is CCC(=O)NC1CCN(C(=O)c2ccccc2NC)CC1. The molecule has 1 aromatic carbocycles. The molecule has 0 saturated carbocycles. The lowest BCUT2D eigenvalue weighted by Gasteiger charge is -2.32. The highest BCUT2D eigenvalue weighted by Crippen LogP contribution is 2.19. The first kappa shape index (κ1) is 15.4. The van der Waals surface area contributed by atoms with Crippen LogP contribution in [-0.4, -0.2) is 42.9 Å². The van der Waals surface area contributed by atoms with E-state index in [2.05, 4.69) is 10.6 Å². The van der Waals surface area contributed by atoms with E-state index in [1.807, 2.05) is 43.1 Å². The fraction of sp³-hybridized carbons (Fsp3) is 0.500. The number of carbonyl (C=O) groups is 2. The standard InChI is InChI=1S/C16H23N3O2/c1-3-15(20)18-12-8-10-19(11-9-12)16(21)13-6-4-5-7-14(13)17-2/h4-7,12,17H,3,8-11H2,1-2H3,(H,18,20). The fourth-order valence-electron chi connectivity index (χ4n) is 2.61. The molecule has 5 heteroatoms. The van der Waals surface area contributed by atoms with Crippen LogP contribution in [0.2, 0.25) is 0 Å². The minimum atomic E-state index is 0.0558. The summed E-state index contributed by atoms with van der Waals surface area (Å²) in [6.07, 6.45) is 2.15. The Morgan fingerprint density at radius 3 is 2.52 bits per heavy atom. The molecule has 0 aliphatic carbocycles. The minimum absolute atomic E-state index is 0.0558. The predicted molar refractivity (Wildman–Crippen MR) is 83.3 cm³/mol. The van der Waals surface area contributed by atoms with Gasteiger partial charge in [0.2, 0.25) is 5.91 Å². The molecule has 2 N–H and O–H groups in total. The lowest BCUT2D eigenvalue weighted by molar-refractivity contribution is -0.121. The Labute approximate surface area is 125 Å². The lowest BCUT2D eigenvalue weighted by atomic mass is 10.0. The molecule has 0 unspecified atom stereocenters. The fourth-order valence-corrected chi connectivity index (χ4v) is 2.61. The average molecular weight is 289 g/mol. The zero-order chi connectivity index (χ0) is 15.2. The number of piperidine rings is 1. The van der Waals surface area contributed by atoms with Crippen molar-refractivity contribution in [3.8, 4) is 0 Å². The van der Waals surface area contributed by atoms with Gasteiger partial charge in [0.05, 0.1) is 5.56 Å². The van der Waals surface area contributed by atoms with Crippen LogP contribution in [0.25, 0.3) is 0 Å². The molecule has 1 saturated heterocycles. The van der Waals surface area contributed by atoms with Gasteiger partial charge in [0.25, 0.3) is 5.91 Å². The molecule has 0 atom stereocenters. The zero-order valence-corrected chi connectivity index (χ0v) is 12.7. The van der Waals surface area contributed by atoms with Gasteiger partial charge in [-0.1, -0.05) is 19.1 Å². The van der Waals surface area contributed by atoms with Crippen molar-refractivity contribution in [3.63, 3.8) is 0 Å². The summed E-state index contributed by atoms with van der Waals surface area (Å²) in [5.41, 5.74) is 1.56. The van der Waals surface area contributed by atoms with E-state index in [-0.39, 0.29) is 17.9 Å². The molecule has 0 radical (unpaired) electrons. The van der Waals surface area contributed by atoms with E-state index < -0.39 is 0 Å². The van der Waals surface area contributed by atoms with E-state index in [0.29, 0.717) is 25.1 Å². The highest BCUT2D eigenvalue weighted by atomic mass is 16.2. The third-order valence-electron chi connectivity index (χ3n) is 3.90. The summed E-state index contributed by atoms with van der Waals surface area (Å²) in [5.74, 6) is 0.139. The van der Waals surface area contributed by atoms with E-state index in [9.17, 15) is 9.59 Å². The van der Waals surface area contributed by atoms with Crippen molar-refractivity contribution in [2.45, 2.75) is 32.2 Å². The summed E-state index contributed by atoms with van der Waals surface area (Å²) in [5, 5.41) is 6.05. The van der Waals surface area contributed by atoms with Gasteiger partial charge in [0.1, 0.15) is 0 Å². The van der Waals surface area contributed by atoms with Crippen LogP contribution in [0, 0.1) is 0 Å². The van der Waals surface area contributed by atoms with Gasteiger partial charge in [-0.3, -0.25) is 9.59 Å². The Morgan fingerprint density at radius 1 is 1.24 bits per heavy atom. The minimum Gasteiger partial charge on any atom is -0.387 e. The third kappa shape index (κ3) is 3.74. The molecular formula is C16H23N3O2. The maximum absolute atomic E-state index is 12.6. The van der Waals surface area contributed by atoms with Crippen LogP contribution in [0.15, 0.2) is 24.3 Å². The first-order valence-electron chi connectivity index (χ1n) is 7.51. The smallest absolute Gasteiger partial charge is 0.255 e. The Balaban J connectivity index is 1.95. The molecule has 1 aliphatic heterocycles. The molecule has 1 aromatic rings. The monoisotopic (exact) mass is 289 g/mol. The largest absolute Gasteiger partial charge is 0.387 e.